The van der Waals surface area contributed by atoms with E-state index < -0.39 is 35.2 Å². The summed E-state index contributed by atoms with van der Waals surface area (Å²) in [4.78, 5) is 67.9. The maximum atomic E-state index is 10.8. The second-order valence-electron chi connectivity index (χ2n) is 6.60. The first-order chi connectivity index (χ1) is 16.7. The Morgan fingerprint density at radius 3 is 1.86 bits per heavy atom. The number of nitrogens with two attached hydrogens (primary N) is 2. The number of anilines is 1. The Kier molecular flexibility index (Phi) is 20.4. The van der Waals surface area contributed by atoms with Gasteiger partial charge in [-0.25, -0.2) is 19.4 Å². The first-order valence-corrected chi connectivity index (χ1v) is 10.7. The summed E-state index contributed by atoms with van der Waals surface area (Å²) in [5.74, 6) is -5.50. The lowest BCUT2D eigenvalue weighted by molar-refractivity contribution is -0.154. The van der Waals surface area contributed by atoms with Gasteiger partial charge in [-0.2, -0.15) is 0 Å². The molecule has 208 valence electrons. The van der Waals surface area contributed by atoms with E-state index >= 15 is 0 Å². The fourth-order valence-corrected chi connectivity index (χ4v) is 2.15. The quantitative estimate of drug-likeness (QED) is 0.0862. The van der Waals surface area contributed by atoms with Crippen molar-refractivity contribution >= 4 is 59.5 Å². The molecule has 0 bridgehead atoms. The third kappa shape index (κ3) is 16.3. The molecule has 1 heterocycles. The van der Waals surface area contributed by atoms with Gasteiger partial charge < -0.3 is 31.2 Å². The number of esters is 2. The number of aromatic carboxylic acids is 2. The first kappa shape index (κ1) is 37.5. The summed E-state index contributed by atoms with van der Waals surface area (Å²) < 4.78 is 8.90. The molecule has 15 heteroatoms. The van der Waals surface area contributed by atoms with Gasteiger partial charge in [-0.15, -0.1) is 12.4 Å². The number of halogens is 1. The number of rotatable bonds is 11. The molecule has 0 spiro atoms. The van der Waals surface area contributed by atoms with E-state index in [2.05, 4.69) is 14.5 Å². The number of nitrogens with zero attached hydrogens (tertiary/aromatic N) is 1. The number of ether oxygens (including phenoxy) is 2. The van der Waals surface area contributed by atoms with E-state index in [0.29, 0.717) is 18.7 Å². The summed E-state index contributed by atoms with van der Waals surface area (Å²) in [6.45, 7) is 7.22. The number of pyridine rings is 1. The molecule has 0 aliphatic rings. The first-order valence-electron chi connectivity index (χ1n) is 10.7. The average molecular weight is 549 g/mol. The maximum Gasteiger partial charge on any atom is 0.375 e. The van der Waals surface area contributed by atoms with Crippen LogP contribution in [0.15, 0.2) is 6.07 Å². The molecule has 37 heavy (non-hydrogen) atoms. The van der Waals surface area contributed by atoms with Crippen LogP contribution in [0.4, 0.5) is 5.82 Å². The normalized spacial score (nSPS) is 9.08. The third-order valence-corrected chi connectivity index (χ3v) is 3.80. The summed E-state index contributed by atoms with van der Waals surface area (Å²) in [6, 6.07) is 1.22. The Bertz CT molecular complexity index is 982. The molecule has 1 aromatic heterocycles. The van der Waals surface area contributed by atoms with Gasteiger partial charge in [-0.05, 0) is 26.3 Å². The van der Waals surface area contributed by atoms with Gasteiger partial charge in [0, 0.05) is 12.1 Å². The number of nitrogen functional groups attached to an aromatic ring is 1. The molecule has 14 nitrogen and oxygen atoms in total. The van der Waals surface area contributed by atoms with Crippen LogP contribution in [0.5, 0.6) is 0 Å². The summed E-state index contributed by atoms with van der Waals surface area (Å²) in [5.41, 5.74) is 9.96. The van der Waals surface area contributed by atoms with Crippen LogP contribution >= 0.6 is 12.4 Å². The zero-order valence-electron chi connectivity index (χ0n) is 21.0. The predicted octanol–water partition coefficient (Wildman–Crippen LogP) is 1.41. The molecule has 7 N–H and O–H groups in total. The number of carbonyl (C=O) groups is 6. The van der Waals surface area contributed by atoms with Crippen molar-refractivity contribution in [3.05, 3.63) is 22.9 Å². The molecule has 0 aliphatic carbocycles. The zero-order valence-corrected chi connectivity index (χ0v) is 21.8. The molecule has 0 amide bonds. The molecular formula is C22H33ClN4O10. The second-order valence-corrected chi connectivity index (χ2v) is 6.60. The third-order valence-electron chi connectivity index (χ3n) is 3.80. The lowest BCUT2D eigenvalue weighted by Crippen LogP contribution is -2.20. The van der Waals surface area contributed by atoms with Crippen molar-refractivity contribution in [1.82, 2.24) is 4.98 Å². The van der Waals surface area contributed by atoms with Crippen molar-refractivity contribution in [3.8, 4) is 0 Å². The van der Waals surface area contributed by atoms with Crippen LogP contribution in [0.3, 0.4) is 0 Å². The van der Waals surface area contributed by atoms with E-state index in [4.69, 9.17) is 27.1 Å². The van der Waals surface area contributed by atoms with E-state index in [9.17, 15) is 28.8 Å². The molecule has 0 saturated carbocycles. The predicted molar refractivity (Wildman–Crippen MR) is 134 cm³/mol. The van der Waals surface area contributed by atoms with E-state index in [0.717, 1.165) is 0 Å². The van der Waals surface area contributed by atoms with Crippen molar-refractivity contribution in [2.45, 2.75) is 53.4 Å². The number of amidine groups is 1. The highest BCUT2D eigenvalue weighted by Crippen LogP contribution is 2.17. The number of aryl methyl sites for hydroxylation is 1. The topological polar surface area (TPSA) is 250 Å². The number of carboxylic acid groups (broad SMARTS) is 2. The van der Waals surface area contributed by atoms with Gasteiger partial charge in [-0.3, -0.25) is 19.8 Å². The summed E-state index contributed by atoms with van der Waals surface area (Å²) in [7, 11) is 0. The minimum atomic E-state index is -1.39. The molecule has 0 radical (unpaired) electrons. The largest absolute Gasteiger partial charge is 0.478 e. The highest BCUT2D eigenvalue weighted by Gasteiger charge is 2.21. The van der Waals surface area contributed by atoms with Crippen molar-refractivity contribution in [1.29, 1.82) is 5.41 Å². The van der Waals surface area contributed by atoms with Crippen molar-refractivity contribution in [2.24, 2.45) is 5.73 Å². The average Bonchev–Trinajstić information content (AvgIpc) is 2.78. The standard InChI is InChI=1S/C9H10N2O4.C8H12O4.C5H10N2O2.ClH/c1-2-4-3-5(8(12)13)6(9(14)15)7(10)11-4;1-3-6(9)5-7(10)8(11)12-4-2;1-2-9-5(8)3-4(6)7;/h3H,2H2,1H3,(H2,10,11)(H,12,13)(H,14,15);3-5H2,1-2H3;2-3H2,1H3,(H3,6,7);1H. The number of aromatic nitrogens is 1. The van der Waals surface area contributed by atoms with Crippen molar-refractivity contribution < 1.29 is 48.5 Å². The number of carbonyl (C=O) groups excluding carboxylic acids is 4. The lowest BCUT2D eigenvalue weighted by Gasteiger charge is -2.06. The minimum absolute atomic E-state index is 0. The van der Waals surface area contributed by atoms with Crippen LogP contribution in [0.25, 0.3) is 0 Å². The second kappa shape index (κ2) is 20.2. The molecular weight excluding hydrogens is 516 g/mol. The number of carboxylic acids is 2. The Hall–Kier alpha value is -4.07. The Morgan fingerprint density at radius 2 is 1.49 bits per heavy atom. The van der Waals surface area contributed by atoms with Gasteiger partial charge in [0.05, 0.1) is 25.2 Å². The number of hydrogen-bond acceptors (Lipinski definition) is 11. The number of Topliss-reactive ketones (excluding diaryl/α,β-unsaturated/α-hetero) is 2. The monoisotopic (exact) mass is 548 g/mol. The van der Waals surface area contributed by atoms with Gasteiger partial charge in [-0.1, -0.05) is 13.8 Å². The highest BCUT2D eigenvalue weighted by molar-refractivity contribution is 6.37. The maximum absolute atomic E-state index is 10.8. The van der Waals surface area contributed by atoms with Gasteiger partial charge in [0.25, 0.3) is 0 Å². The molecule has 0 unspecified atom stereocenters. The van der Waals surface area contributed by atoms with Crippen LogP contribution in [0.2, 0.25) is 0 Å². The number of hydrogen-bond donors (Lipinski definition) is 5. The van der Waals surface area contributed by atoms with Crippen molar-refractivity contribution in [3.63, 3.8) is 0 Å². The fourth-order valence-electron chi connectivity index (χ4n) is 2.15. The van der Waals surface area contributed by atoms with Crippen LogP contribution in [-0.4, -0.2) is 69.7 Å². The van der Waals surface area contributed by atoms with Crippen LogP contribution in [0, 0.1) is 5.41 Å². The van der Waals surface area contributed by atoms with E-state index in [-0.39, 0.29) is 61.3 Å². The van der Waals surface area contributed by atoms with Gasteiger partial charge >= 0.3 is 23.9 Å². The molecule has 1 aromatic rings. The Morgan fingerprint density at radius 1 is 0.946 bits per heavy atom. The van der Waals surface area contributed by atoms with Gasteiger partial charge in [0.1, 0.15) is 29.4 Å². The molecule has 0 saturated heterocycles. The highest BCUT2D eigenvalue weighted by atomic mass is 35.5. The lowest BCUT2D eigenvalue weighted by atomic mass is 10.1. The van der Waals surface area contributed by atoms with E-state index in [1.165, 1.54) is 6.07 Å². The summed E-state index contributed by atoms with van der Waals surface area (Å²) >= 11 is 0. The summed E-state index contributed by atoms with van der Waals surface area (Å²) in [5, 5.41) is 24.3. The Balaban J connectivity index is -0.000000479. The van der Waals surface area contributed by atoms with Crippen molar-refractivity contribution in [2.75, 3.05) is 18.9 Å². The molecule has 0 atom stereocenters. The molecule has 0 aromatic carbocycles. The van der Waals surface area contributed by atoms with Crippen LogP contribution in [0.1, 0.15) is 73.4 Å². The van der Waals surface area contributed by atoms with E-state index in [1.54, 1.807) is 27.7 Å². The number of nitrogens with one attached hydrogen (secondary N) is 1. The van der Waals surface area contributed by atoms with Gasteiger partial charge in [0.15, 0.2) is 0 Å². The van der Waals surface area contributed by atoms with Crippen LogP contribution < -0.4 is 11.5 Å². The zero-order chi connectivity index (χ0) is 28.4. The van der Waals surface area contributed by atoms with Gasteiger partial charge in [0.2, 0.25) is 5.78 Å². The van der Waals surface area contributed by atoms with E-state index in [1.807, 2.05) is 0 Å². The Labute approximate surface area is 219 Å². The molecule has 0 aliphatic heterocycles. The van der Waals surface area contributed by atoms with Crippen LogP contribution in [-0.2, 0) is 35.1 Å². The summed E-state index contributed by atoms with van der Waals surface area (Å²) in [6.07, 6.45) is 0.318. The molecule has 1 rings (SSSR count). The smallest absolute Gasteiger partial charge is 0.375 e. The SMILES string of the molecule is CCOC(=O)C(=O)CC(=O)CC.CCOC(=O)CC(=N)N.CCc1cc(C(=O)O)c(C(=O)O)c(N)n1.Cl. The number of ketones is 2. The minimum Gasteiger partial charge on any atom is -0.478 e. The molecule has 0 fully saturated rings. The fraction of sp³-hybridized carbons (Fsp3) is 0.455.